The summed E-state index contributed by atoms with van der Waals surface area (Å²) in [4.78, 5) is 11.0. The normalized spacial score (nSPS) is 12.0. The number of anilines is 1. The molecule has 24 heavy (non-hydrogen) atoms. The molecule has 0 radical (unpaired) electrons. The van der Waals surface area contributed by atoms with E-state index >= 15 is 0 Å². The van der Waals surface area contributed by atoms with Gasteiger partial charge >= 0.3 is 5.97 Å². The molecular formula is C17H19NO5S. The SMILES string of the molecule is CC(C)(C)c1cccc(S(=O)(=O)Nc2ccc(C(=O)O)c(O)c2)c1. The minimum atomic E-state index is -3.85. The third-order valence-corrected chi connectivity index (χ3v) is 4.87. The molecule has 3 N–H and O–H groups in total. The third kappa shape index (κ3) is 3.86. The first-order valence-electron chi connectivity index (χ1n) is 7.20. The van der Waals surface area contributed by atoms with Crippen molar-refractivity contribution in [2.24, 2.45) is 0 Å². The van der Waals surface area contributed by atoms with Gasteiger partial charge in [-0.3, -0.25) is 4.72 Å². The number of aromatic carboxylic acids is 1. The lowest BCUT2D eigenvalue weighted by molar-refractivity contribution is 0.0694. The van der Waals surface area contributed by atoms with Crippen LogP contribution in [0, 0.1) is 0 Å². The van der Waals surface area contributed by atoms with E-state index in [1.807, 2.05) is 26.8 Å². The van der Waals surface area contributed by atoms with E-state index < -0.39 is 21.7 Å². The Balaban J connectivity index is 2.36. The maximum absolute atomic E-state index is 12.5. The molecule has 0 unspecified atom stereocenters. The van der Waals surface area contributed by atoms with E-state index in [0.29, 0.717) is 0 Å². The first-order chi connectivity index (χ1) is 11.0. The van der Waals surface area contributed by atoms with Crippen LogP contribution in [0.25, 0.3) is 0 Å². The van der Waals surface area contributed by atoms with Gasteiger partial charge < -0.3 is 10.2 Å². The number of nitrogens with one attached hydrogen (secondary N) is 1. The van der Waals surface area contributed by atoms with Crippen molar-refractivity contribution in [1.82, 2.24) is 0 Å². The number of hydrogen-bond acceptors (Lipinski definition) is 4. The number of phenols is 1. The zero-order chi connectivity index (χ0) is 18.1. The first-order valence-corrected chi connectivity index (χ1v) is 8.69. The van der Waals surface area contributed by atoms with Gasteiger partial charge in [-0.2, -0.15) is 0 Å². The fourth-order valence-corrected chi connectivity index (χ4v) is 3.21. The molecule has 0 fully saturated rings. The molecule has 0 aliphatic carbocycles. The lowest BCUT2D eigenvalue weighted by Gasteiger charge is -2.20. The maximum atomic E-state index is 12.5. The fraction of sp³-hybridized carbons (Fsp3) is 0.235. The first kappa shape index (κ1) is 17.8. The molecule has 0 atom stereocenters. The van der Waals surface area contributed by atoms with Crippen molar-refractivity contribution in [2.45, 2.75) is 31.1 Å². The number of carbonyl (C=O) groups is 1. The number of carboxylic acids is 1. The molecule has 0 saturated carbocycles. The van der Waals surface area contributed by atoms with Crippen LogP contribution in [0.1, 0.15) is 36.7 Å². The Kier molecular flexibility index (Phi) is 4.57. The second-order valence-electron chi connectivity index (χ2n) is 6.42. The van der Waals surface area contributed by atoms with Crippen LogP contribution >= 0.6 is 0 Å². The van der Waals surface area contributed by atoms with Gasteiger partial charge in [-0.15, -0.1) is 0 Å². The summed E-state index contributed by atoms with van der Waals surface area (Å²) in [6.45, 7) is 5.94. The predicted molar refractivity (Wildman–Crippen MR) is 91.0 cm³/mol. The van der Waals surface area contributed by atoms with Gasteiger partial charge in [0.15, 0.2) is 0 Å². The van der Waals surface area contributed by atoms with Crippen LogP contribution in [0.4, 0.5) is 5.69 Å². The largest absolute Gasteiger partial charge is 0.507 e. The van der Waals surface area contributed by atoms with E-state index in [4.69, 9.17) is 5.11 Å². The van der Waals surface area contributed by atoms with Crippen LogP contribution in [0.2, 0.25) is 0 Å². The number of carboxylic acid groups (broad SMARTS) is 1. The molecule has 7 heteroatoms. The Bertz CT molecular complexity index is 882. The van der Waals surface area contributed by atoms with Gasteiger partial charge in [0.2, 0.25) is 0 Å². The smallest absolute Gasteiger partial charge is 0.339 e. The zero-order valence-electron chi connectivity index (χ0n) is 13.6. The molecule has 0 saturated heterocycles. The van der Waals surface area contributed by atoms with E-state index in [-0.39, 0.29) is 21.6 Å². The van der Waals surface area contributed by atoms with Gasteiger partial charge in [0.1, 0.15) is 11.3 Å². The summed E-state index contributed by atoms with van der Waals surface area (Å²) in [7, 11) is -3.85. The summed E-state index contributed by atoms with van der Waals surface area (Å²) in [5.74, 6) is -1.80. The molecule has 0 aliphatic heterocycles. The second kappa shape index (κ2) is 6.16. The lowest BCUT2D eigenvalue weighted by Crippen LogP contribution is -2.16. The molecule has 0 heterocycles. The Morgan fingerprint density at radius 1 is 1.08 bits per heavy atom. The second-order valence-corrected chi connectivity index (χ2v) is 8.10. The highest BCUT2D eigenvalue weighted by Gasteiger charge is 2.20. The number of benzene rings is 2. The molecule has 6 nitrogen and oxygen atoms in total. The average Bonchev–Trinajstić information content (AvgIpc) is 2.45. The summed E-state index contributed by atoms with van der Waals surface area (Å²) < 4.78 is 27.3. The minimum absolute atomic E-state index is 0.0821. The van der Waals surface area contributed by atoms with Gasteiger partial charge in [0.05, 0.1) is 10.6 Å². The lowest BCUT2D eigenvalue weighted by atomic mass is 9.87. The highest BCUT2D eigenvalue weighted by Crippen LogP contribution is 2.27. The van der Waals surface area contributed by atoms with Crippen molar-refractivity contribution >= 4 is 21.7 Å². The van der Waals surface area contributed by atoms with Crippen molar-refractivity contribution in [1.29, 1.82) is 0 Å². The van der Waals surface area contributed by atoms with E-state index in [0.717, 1.165) is 17.7 Å². The number of hydrogen-bond donors (Lipinski definition) is 3. The van der Waals surface area contributed by atoms with Crippen molar-refractivity contribution in [3.8, 4) is 5.75 Å². The molecule has 2 aromatic rings. The molecule has 2 aromatic carbocycles. The maximum Gasteiger partial charge on any atom is 0.339 e. The molecule has 2 rings (SSSR count). The van der Waals surface area contributed by atoms with Crippen molar-refractivity contribution < 1.29 is 23.4 Å². The van der Waals surface area contributed by atoms with Gasteiger partial charge in [-0.1, -0.05) is 32.9 Å². The Morgan fingerprint density at radius 3 is 2.29 bits per heavy atom. The summed E-state index contributed by atoms with van der Waals surface area (Å²) >= 11 is 0. The van der Waals surface area contributed by atoms with Crippen LogP contribution in [0.15, 0.2) is 47.4 Å². The van der Waals surface area contributed by atoms with E-state index in [1.54, 1.807) is 12.1 Å². The average molecular weight is 349 g/mol. The molecule has 0 amide bonds. The summed E-state index contributed by atoms with van der Waals surface area (Å²) in [6, 6.07) is 10.1. The predicted octanol–water partition coefficient (Wildman–Crippen LogP) is 3.19. The Labute approximate surface area is 140 Å². The molecule has 128 valence electrons. The number of sulfonamides is 1. The molecule has 0 bridgehead atoms. The van der Waals surface area contributed by atoms with Crippen LogP contribution in [-0.4, -0.2) is 24.6 Å². The van der Waals surface area contributed by atoms with Gasteiger partial charge in [0, 0.05) is 6.07 Å². The fourth-order valence-electron chi connectivity index (χ4n) is 2.12. The zero-order valence-corrected chi connectivity index (χ0v) is 14.4. The van der Waals surface area contributed by atoms with Gasteiger partial charge in [-0.05, 0) is 35.2 Å². The summed E-state index contributed by atoms with van der Waals surface area (Å²) in [5.41, 5.74) is 0.452. The van der Waals surface area contributed by atoms with Gasteiger partial charge in [0.25, 0.3) is 10.0 Å². The van der Waals surface area contributed by atoms with E-state index in [2.05, 4.69) is 4.72 Å². The molecule has 0 aromatic heterocycles. The Morgan fingerprint density at radius 2 is 1.75 bits per heavy atom. The van der Waals surface area contributed by atoms with Gasteiger partial charge in [-0.25, -0.2) is 13.2 Å². The van der Waals surface area contributed by atoms with Crippen LogP contribution in [0.5, 0.6) is 5.75 Å². The molecule has 0 spiro atoms. The summed E-state index contributed by atoms with van der Waals surface area (Å²) in [6.07, 6.45) is 0. The third-order valence-electron chi connectivity index (χ3n) is 3.49. The highest BCUT2D eigenvalue weighted by atomic mass is 32.2. The Hall–Kier alpha value is -2.54. The standard InChI is InChI=1S/C17H19NO5S/c1-17(2,3)11-5-4-6-13(9-11)24(22,23)18-12-7-8-14(16(20)21)15(19)10-12/h4-10,18-19H,1-3H3,(H,20,21). The monoisotopic (exact) mass is 349 g/mol. The number of rotatable bonds is 4. The van der Waals surface area contributed by atoms with Crippen LogP contribution in [-0.2, 0) is 15.4 Å². The van der Waals surface area contributed by atoms with Crippen molar-refractivity contribution in [2.75, 3.05) is 4.72 Å². The van der Waals surface area contributed by atoms with Crippen molar-refractivity contribution in [3.63, 3.8) is 0 Å². The van der Waals surface area contributed by atoms with Crippen LogP contribution < -0.4 is 4.72 Å². The van der Waals surface area contributed by atoms with E-state index in [1.165, 1.54) is 12.1 Å². The van der Waals surface area contributed by atoms with E-state index in [9.17, 15) is 18.3 Å². The molecular weight excluding hydrogens is 330 g/mol. The number of aromatic hydroxyl groups is 1. The summed E-state index contributed by atoms with van der Waals surface area (Å²) in [5, 5.41) is 18.5. The quantitative estimate of drug-likeness (QED) is 0.786. The highest BCUT2D eigenvalue weighted by molar-refractivity contribution is 7.92. The molecule has 0 aliphatic rings. The topological polar surface area (TPSA) is 104 Å². The minimum Gasteiger partial charge on any atom is -0.507 e. The van der Waals surface area contributed by atoms with Crippen molar-refractivity contribution in [3.05, 3.63) is 53.6 Å². The van der Waals surface area contributed by atoms with Crippen LogP contribution in [0.3, 0.4) is 0 Å².